The summed E-state index contributed by atoms with van der Waals surface area (Å²) in [7, 11) is 1.58. The maximum Gasteiger partial charge on any atom is 0.142 e. The number of aromatic amines is 1. The molecule has 0 aliphatic heterocycles. The first-order valence-corrected chi connectivity index (χ1v) is 6.33. The summed E-state index contributed by atoms with van der Waals surface area (Å²) >= 11 is 5.96. The van der Waals surface area contributed by atoms with Crippen molar-refractivity contribution in [3.63, 3.8) is 0 Å². The van der Waals surface area contributed by atoms with Crippen LogP contribution in [0.15, 0.2) is 36.4 Å². The fraction of sp³-hybridized carbons (Fsp3) is 0.0667. The minimum Gasteiger partial charge on any atom is -0.496 e. The molecule has 5 heteroatoms. The second kappa shape index (κ2) is 4.87. The first kappa shape index (κ1) is 12.5. The normalized spacial score (nSPS) is 10.4. The van der Waals surface area contributed by atoms with Gasteiger partial charge in [-0.05, 0) is 30.3 Å². The topological polar surface area (TPSA) is 61.7 Å². The summed E-state index contributed by atoms with van der Waals surface area (Å²) in [5.41, 5.74) is 2.81. The van der Waals surface area contributed by atoms with Gasteiger partial charge in [0.05, 0.1) is 23.8 Å². The molecule has 0 atom stereocenters. The Hall–Kier alpha value is -2.51. The molecule has 1 heterocycles. The largest absolute Gasteiger partial charge is 0.496 e. The van der Waals surface area contributed by atoms with Crippen LogP contribution in [0.1, 0.15) is 5.56 Å². The van der Waals surface area contributed by atoms with Crippen LogP contribution in [-0.2, 0) is 0 Å². The minimum atomic E-state index is 0.540. The molecule has 0 amide bonds. The first-order chi connectivity index (χ1) is 9.72. The number of nitrogens with one attached hydrogen (secondary N) is 1. The third-order valence-corrected chi connectivity index (χ3v) is 3.29. The van der Waals surface area contributed by atoms with Crippen LogP contribution in [0.25, 0.3) is 22.4 Å². The number of H-pyrrole nitrogens is 1. The molecule has 20 heavy (non-hydrogen) atoms. The molecule has 98 valence electrons. The molecule has 3 rings (SSSR count). The lowest BCUT2D eigenvalue weighted by molar-refractivity contribution is 0.416. The minimum absolute atomic E-state index is 0.540. The van der Waals surface area contributed by atoms with Crippen LogP contribution < -0.4 is 4.74 Å². The fourth-order valence-electron chi connectivity index (χ4n) is 2.11. The van der Waals surface area contributed by atoms with E-state index in [9.17, 15) is 0 Å². The molecule has 1 N–H and O–H groups in total. The number of nitriles is 1. The van der Waals surface area contributed by atoms with E-state index in [1.165, 1.54) is 0 Å². The van der Waals surface area contributed by atoms with Gasteiger partial charge in [-0.1, -0.05) is 17.7 Å². The molecular formula is C15H10ClN3O. The molecule has 0 fully saturated rings. The number of methoxy groups -OCH3 is 1. The van der Waals surface area contributed by atoms with E-state index < -0.39 is 0 Å². The highest BCUT2D eigenvalue weighted by Gasteiger charge is 2.12. The van der Waals surface area contributed by atoms with Gasteiger partial charge in [-0.3, -0.25) is 0 Å². The number of nitrogens with zero attached hydrogens (tertiary/aromatic N) is 2. The van der Waals surface area contributed by atoms with E-state index in [1.54, 1.807) is 25.3 Å². The summed E-state index contributed by atoms with van der Waals surface area (Å²) in [6.45, 7) is 0. The number of halogens is 1. The Bertz CT molecular complexity index is 833. The zero-order valence-electron chi connectivity index (χ0n) is 10.6. The van der Waals surface area contributed by atoms with E-state index in [1.807, 2.05) is 18.2 Å². The van der Waals surface area contributed by atoms with Crippen molar-refractivity contribution in [3.8, 4) is 23.2 Å². The van der Waals surface area contributed by atoms with Gasteiger partial charge < -0.3 is 9.72 Å². The third kappa shape index (κ3) is 1.98. The van der Waals surface area contributed by atoms with Gasteiger partial charge in [0.1, 0.15) is 23.2 Å². The molecule has 0 spiro atoms. The van der Waals surface area contributed by atoms with Gasteiger partial charge in [0, 0.05) is 5.02 Å². The first-order valence-electron chi connectivity index (χ1n) is 5.95. The summed E-state index contributed by atoms with van der Waals surface area (Å²) in [6.07, 6.45) is 0. The monoisotopic (exact) mass is 283 g/mol. The van der Waals surface area contributed by atoms with Crippen LogP contribution in [0.2, 0.25) is 5.02 Å². The quantitative estimate of drug-likeness (QED) is 0.779. The Morgan fingerprint density at radius 1 is 1.30 bits per heavy atom. The van der Waals surface area contributed by atoms with Crippen molar-refractivity contribution in [2.45, 2.75) is 0 Å². The Balaban J connectivity index is 2.23. The lowest BCUT2D eigenvalue weighted by Crippen LogP contribution is -1.89. The van der Waals surface area contributed by atoms with Crippen molar-refractivity contribution in [2.24, 2.45) is 0 Å². The number of hydrogen-bond acceptors (Lipinski definition) is 3. The van der Waals surface area contributed by atoms with Gasteiger partial charge in [-0.25, -0.2) is 4.98 Å². The van der Waals surface area contributed by atoms with E-state index in [0.29, 0.717) is 27.7 Å². The summed E-state index contributed by atoms with van der Waals surface area (Å²) in [5, 5.41) is 9.70. The molecule has 0 saturated heterocycles. The lowest BCUT2D eigenvalue weighted by atomic mass is 10.2. The molecule has 0 saturated carbocycles. The number of para-hydroxylation sites is 1. The molecule has 0 radical (unpaired) electrons. The van der Waals surface area contributed by atoms with Gasteiger partial charge in [-0.2, -0.15) is 5.26 Å². The second-order valence-electron chi connectivity index (χ2n) is 4.24. The van der Waals surface area contributed by atoms with E-state index in [0.717, 1.165) is 11.1 Å². The summed E-state index contributed by atoms with van der Waals surface area (Å²) in [4.78, 5) is 7.69. The molecule has 0 aliphatic rings. The number of benzene rings is 2. The highest BCUT2D eigenvalue weighted by atomic mass is 35.5. The van der Waals surface area contributed by atoms with E-state index in [4.69, 9.17) is 21.6 Å². The van der Waals surface area contributed by atoms with Gasteiger partial charge in [0.2, 0.25) is 0 Å². The highest BCUT2D eigenvalue weighted by Crippen LogP contribution is 2.32. The van der Waals surface area contributed by atoms with Gasteiger partial charge in [0.15, 0.2) is 0 Å². The summed E-state index contributed by atoms with van der Waals surface area (Å²) in [5.74, 6) is 1.28. The smallest absolute Gasteiger partial charge is 0.142 e. The molecular weight excluding hydrogens is 274 g/mol. The van der Waals surface area contributed by atoms with Crippen LogP contribution in [-0.4, -0.2) is 17.1 Å². The molecule has 1 aromatic heterocycles. The van der Waals surface area contributed by atoms with Gasteiger partial charge in [0.25, 0.3) is 0 Å². The maximum absolute atomic E-state index is 9.11. The number of fused-ring (bicyclic) bond motifs is 1. The molecule has 0 bridgehead atoms. The number of ether oxygens (including phenoxy) is 1. The number of hydrogen-bond donors (Lipinski definition) is 1. The Morgan fingerprint density at radius 3 is 2.90 bits per heavy atom. The van der Waals surface area contributed by atoms with Crippen LogP contribution in [0, 0.1) is 11.3 Å². The Labute approximate surface area is 120 Å². The number of imidazole rings is 1. The molecule has 4 nitrogen and oxygen atoms in total. The predicted octanol–water partition coefficient (Wildman–Crippen LogP) is 3.76. The Kier molecular flexibility index (Phi) is 3.05. The molecule has 2 aromatic carbocycles. The second-order valence-corrected chi connectivity index (χ2v) is 4.68. The highest BCUT2D eigenvalue weighted by molar-refractivity contribution is 6.30. The third-order valence-electron chi connectivity index (χ3n) is 3.05. The lowest BCUT2D eigenvalue weighted by Gasteiger charge is -2.06. The van der Waals surface area contributed by atoms with Crippen molar-refractivity contribution in [2.75, 3.05) is 7.11 Å². The van der Waals surface area contributed by atoms with Crippen LogP contribution in [0.5, 0.6) is 5.75 Å². The van der Waals surface area contributed by atoms with Crippen LogP contribution in [0.3, 0.4) is 0 Å². The predicted molar refractivity (Wildman–Crippen MR) is 77.8 cm³/mol. The average Bonchev–Trinajstić information content (AvgIpc) is 2.90. The van der Waals surface area contributed by atoms with E-state index >= 15 is 0 Å². The van der Waals surface area contributed by atoms with E-state index in [-0.39, 0.29) is 0 Å². The standard InChI is InChI=1S/C15H10ClN3O/c1-20-13-7-10(16)5-6-11(13)15-18-12-4-2-3-9(8-17)14(12)19-15/h2-7H,1H3,(H,18,19). The molecule has 0 aliphatic carbocycles. The number of rotatable bonds is 2. The van der Waals surface area contributed by atoms with Crippen molar-refractivity contribution < 1.29 is 4.74 Å². The van der Waals surface area contributed by atoms with Crippen LogP contribution >= 0.6 is 11.6 Å². The molecule has 0 unspecified atom stereocenters. The van der Waals surface area contributed by atoms with Crippen molar-refractivity contribution in [1.29, 1.82) is 5.26 Å². The zero-order chi connectivity index (χ0) is 14.1. The Morgan fingerprint density at radius 2 is 2.15 bits per heavy atom. The average molecular weight is 284 g/mol. The van der Waals surface area contributed by atoms with Crippen molar-refractivity contribution in [1.82, 2.24) is 9.97 Å². The SMILES string of the molecule is COc1cc(Cl)ccc1-c1nc2c(C#N)cccc2[nH]1. The maximum atomic E-state index is 9.11. The zero-order valence-corrected chi connectivity index (χ0v) is 11.4. The fourth-order valence-corrected chi connectivity index (χ4v) is 2.27. The number of aromatic nitrogens is 2. The summed E-state index contributed by atoms with van der Waals surface area (Å²) in [6, 6.07) is 12.9. The van der Waals surface area contributed by atoms with Crippen LogP contribution in [0.4, 0.5) is 0 Å². The van der Waals surface area contributed by atoms with Crippen molar-refractivity contribution >= 4 is 22.6 Å². The van der Waals surface area contributed by atoms with Gasteiger partial charge in [-0.15, -0.1) is 0 Å². The summed E-state index contributed by atoms with van der Waals surface area (Å²) < 4.78 is 5.32. The van der Waals surface area contributed by atoms with Gasteiger partial charge >= 0.3 is 0 Å². The molecule has 3 aromatic rings. The van der Waals surface area contributed by atoms with E-state index in [2.05, 4.69) is 16.0 Å². The van der Waals surface area contributed by atoms with Crippen molar-refractivity contribution in [3.05, 3.63) is 47.0 Å².